The van der Waals surface area contributed by atoms with Crippen LogP contribution in [0.2, 0.25) is 5.02 Å². The molecule has 0 aliphatic rings. The highest BCUT2D eigenvalue weighted by Gasteiger charge is 2.31. The Hall–Kier alpha value is -2.01. The summed E-state index contributed by atoms with van der Waals surface area (Å²) in [6.45, 7) is 1.96. The van der Waals surface area contributed by atoms with E-state index < -0.39 is 11.7 Å². The van der Waals surface area contributed by atoms with E-state index in [9.17, 15) is 18.0 Å². The molecule has 0 unspecified atom stereocenters. The first-order valence-electron chi connectivity index (χ1n) is 6.98. The zero-order valence-corrected chi connectivity index (χ0v) is 13.1. The molecule has 6 heteroatoms. The Morgan fingerprint density at radius 3 is 2.39 bits per heavy atom. The van der Waals surface area contributed by atoms with Crippen LogP contribution in [-0.4, -0.2) is 5.91 Å². The van der Waals surface area contributed by atoms with Gasteiger partial charge in [0.25, 0.3) is 0 Å². The predicted molar refractivity (Wildman–Crippen MR) is 84.6 cm³/mol. The van der Waals surface area contributed by atoms with E-state index in [0.29, 0.717) is 6.42 Å². The molecule has 0 fully saturated rings. The lowest BCUT2D eigenvalue weighted by molar-refractivity contribution is -0.137. The summed E-state index contributed by atoms with van der Waals surface area (Å²) in [5.41, 5.74) is 1.22. The zero-order valence-electron chi connectivity index (χ0n) is 12.4. The van der Waals surface area contributed by atoms with Crippen LogP contribution in [0.25, 0.3) is 0 Å². The van der Waals surface area contributed by atoms with Gasteiger partial charge in [-0.3, -0.25) is 4.79 Å². The molecule has 0 aromatic heterocycles. The number of alkyl halides is 3. The third kappa shape index (κ3) is 4.99. The Kier molecular flexibility index (Phi) is 5.31. The lowest BCUT2D eigenvalue weighted by Gasteiger charge is -2.11. The van der Waals surface area contributed by atoms with Gasteiger partial charge < -0.3 is 5.32 Å². The highest BCUT2D eigenvalue weighted by molar-refractivity contribution is 6.33. The number of benzene rings is 2. The van der Waals surface area contributed by atoms with Crippen LogP contribution in [0.15, 0.2) is 42.5 Å². The number of anilines is 1. The van der Waals surface area contributed by atoms with Crippen LogP contribution in [0.5, 0.6) is 0 Å². The predicted octanol–water partition coefficient (Wildman–Crippen LogP) is 5.24. The van der Waals surface area contributed by atoms with Crippen molar-refractivity contribution >= 4 is 23.2 Å². The minimum Gasteiger partial charge on any atom is -0.325 e. The van der Waals surface area contributed by atoms with Crippen LogP contribution >= 0.6 is 11.6 Å². The molecule has 1 N–H and O–H groups in total. The van der Waals surface area contributed by atoms with Crippen molar-refractivity contribution < 1.29 is 18.0 Å². The van der Waals surface area contributed by atoms with Crippen LogP contribution < -0.4 is 5.32 Å². The average molecular weight is 342 g/mol. The van der Waals surface area contributed by atoms with E-state index >= 15 is 0 Å². The van der Waals surface area contributed by atoms with Crippen molar-refractivity contribution in [3.63, 3.8) is 0 Å². The van der Waals surface area contributed by atoms with Gasteiger partial charge in [-0.05, 0) is 37.1 Å². The normalized spacial score (nSPS) is 11.3. The molecule has 0 atom stereocenters. The van der Waals surface area contributed by atoms with Crippen molar-refractivity contribution in [2.45, 2.75) is 25.9 Å². The molecule has 0 saturated carbocycles. The van der Waals surface area contributed by atoms with E-state index in [0.717, 1.165) is 29.3 Å². The first-order chi connectivity index (χ1) is 10.8. The summed E-state index contributed by atoms with van der Waals surface area (Å²) in [5.74, 6) is -0.383. The molecule has 0 spiro atoms. The summed E-state index contributed by atoms with van der Waals surface area (Å²) < 4.78 is 38.0. The lowest BCUT2D eigenvalue weighted by Crippen LogP contribution is -2.14. The van der Waals surface area contributed by atoms with Crippen LogP contribution in [0.1, 0.15) is 23.1 Å². The Balaban J connectivity index is 2.01. The van der Waals surface area contributed by atoms with Crippen LogP contribution in [0, 0.1) is 6.92 Å². The van der Waals surface area contributed by atoms with Crippen molar-refractivity contribution in [3.8, 4) is 0 Å². The summed E-state index contributed by atoms with van der Waals surface area (Å²) in [6.07, 6.45) is -3.82. The fourth-order valence-electron chi connectivity index (χ4n) is 2.02. The second kappa shape index (κ2) is 7.04. The van der Waals surface area contributed by atoms with Gasteiger partial charge in [-0.2, -0.15) is 13.2 Å². The first kappa shape index (κ1) is 17.3. The smallest absolute Gasteiger partial charge is 0.325 e. The van der Waals surface area contributed by atoms with E-state index in [2.05, 4.69) is 5.32 Å². The number of aryl methyl sites for hydroxylation is 2. The molecule has 122 valence electrons. The van der Waals surface area contributed by atoms with Gasteiger partial charge in [0.2, 0.25) is 5.91 Å². The van der Waals surface area contributed by atoms with Crippen molar-refractivity contribution in [2.24, 2.45) is 0 Å². The number of carbonyl (C=O) groups is 1. The summed E-state index contributed by atoms with van der Waals surface area (Å²) in [5, 5.41) is 2.50. The molecule has 0 radical (unpaired) electrons. The molecule has 0 bridgehead atoms. The quantitative estimate of drug-likeness (QED) is 0.809. The number of halogens is 4. The molecule has 2 aromatic carbocycles. The summed E-state index contributed by atoms with van der Waals surface area (Å²) >= 11 is 5.84. The highest BCUT2D eigenvalue weighted by atomic mass is 35.5. The van der Waals surface area contributed by atoms with Crippen LogP contribution in [0.4, 0.5) is 18.9 Å². The second-order valence-corrected chi connectivity index (χ2v) is 5.63. The van der Waals surface area contributed by atoms with Crippen molar-refractivity contribution in [1.29, 1.82) is 0 Å². The molecule has 1 amide bonds. The third-order valence-corrected chi connectivity index (χ3v) is 3.66. The second-order valence-electron chi connectivity index (χ2n) is 5.23. The molecule has 23 heavy (non-hydrogen) atoms. The number of rotatable bonds is 4. The summed E-state index contributed by atoms with van der Waals surface area (Å²) in [7, 11) is 0. The number of carbonyl (C=O) groups excluding carboxylic acids is 1. The minimum atomic E-state index is -4.48. The van der Waals surface area contributed by atoms with Gasteiger partial charge in [-0.25, -0.2) is 0 Å². The SMILES string of the molecule is Cc1ccc(CCC(=O)Nc2cc(C(F)(F)F)ccc2Cl)cc1. The van der Waals surface area contributed by atoms with Gasteiger partial charge in [0.1, 0.15) is 0 Å². The zero-order chi connectivity index (χ0) is 17.0. The monoisotopic (exact) mass is 341 g/mol. The number of amides is 1. The van der Waals surface area contributed by atoms with E-state index in [1.54, 1.807) is 0 Å². The Morgan fingerprint density at radius 2 is 1.78 bits per heavy atom. The summed E-state index contributed by atoms with van der Waals surface area (Å²) in [4.78, 5) is 11.9. The van der Waals surface area contributed by atoms with Gasteiger partial charge in [0.05, 0.1) is 16.3 Å². The Bertz CT molecular complexity index is 696. The van der Waals surface area contributed by atoms with Gasteiger partial charge in [-0.1, -0.05) is 41.4 Å². The molecular formula is C17H15ClF3NO. The minimum absolute atomic E-state index is 0.0320. The molecule has 2 nitrogen and oxygen atoms in total. The average Bonchev–Trinajstić information content (AvgIpc) is 2.48. The summed E-state index contributed by atoms with van der Waals surface area (Å²) in [6, 6.07) is 10.6. The topological polar surface area (TPSA) is 29.1 Å². The van der Waals surface area contributed by atoms with E-state index in [1.165, 1.54) is 0 Å². The molecule has 0 heterocycles. The molecule has 0 aliphatic carbocycles. The van der Waals surface area contributed by atoms with Crippen molar-refractivity contribution in [3.05, 3.63) is 64.2 Å². The maximum Gasteiger partial charge on any atom is 0.416 e. The highest BCUT2D eigenvalue weighted by Crippen LogP contribution is 2.33. The van der Waals surface area contributed by atoms with Gasteiger partial charge in [0.15, 0.2) is 0 Å². The van der Waals surface area contributed by atoms with Gasteiger partial charge >= 0.3 is 6.18 Å². The molecular weight excluding hydrogens is 327 g/mol. The Morgan fingerprint density at radius 1 is 1.13 bits per heavy atom. The van der Waals surface area contributed by atoms with E-state index in [4.69, 9.17) is 11.6 Å². The molecule has 2 rings (SSSR count). The van der Waals surface area contributed by atoms with Crippen LogP contribution in [-0.2, 0) is 17.4 Å². The van der Waals surface area contributed by atoms with E-state index in [1.807, 2.05) is 31.2 Å². The Labute approximate surface area is 137 Å². The fraction of sp³-hybridized carbons (Fsp3) is 0.235. The van der Waals surface area contributed by atoms with Crippen LogP contribution in [0.3, 0.4) is 0 Å². The molecule has 2 aromatic rings. The van der Waals surface area contributed by atoms with Crippen molar-refractivity contribution in [2.75, 3.05) is 5.32 Å². The van der Waals surface area contributed by atoms with Crippen molar-refractivity contribution in [1.82, 2.24) is 0 Å². The van der Waals surface area contributed by atoms with E-state index in [-0.39, 0.29) is 23.0 Å². The van der Waals surface area contributed by atoms with Gasteiger partial charge in [0, 0.05) is 6.42 Å². The first-order valence-corrected chi connectivity index (χ1v) is 7.35. The standard InChI is InChI=1S/C17H15ClF3NO/c1-11-2-4-12(5-3-11)6-9-16(23)22-15-10-13(17(19,20)21)7-8-14(15)18/h2-5,7-8,10H,6,9H2,1H3,(H,22,23). The maximum absolute atomic E-state index is 12.7. The number of nitrogens with one attached hydrogen (secondary N) is 1. The maximum atomic E-state index is 12.7. The third-order valence-electron chi connectivity index (χ3n) is 3.33. The molecule has 0 saturated heterocycles. The number of hydrogen-bond donors (Lipinski definition) is 1. The fourth-order valence-corrected chi connectivity index (χ4v) is 2.19. The lowest BCUT2D eigenvalue weighted by atomic mass is 10.1. The largest absolute Gasteiger partial charge is 0.416 e. The van der Waals surface area contributed by atoms with Gasteiger partial charge in [-0.15, -0.1) is 0 Å². The molecule has 0 aliphatic heterocycles. The number of hydrogen-bond acceptors (Lipinski definition) is 1.